The number of hydrogen-bond acceptors (Lipinski definition) is 6. The highest BCUT2D eigenvalue weighted by molar-refractivity contribution is 7.93. The number of rotatable bonds is 5. The maximum atomic E-state index is 12.2. The van der Waals surface area contributed by atoms with Crippen LogP contribution in [0.4, 0.5) is 10.8 Å². The Morgan fingerprint density at radius 1 is 1.30 bits per heavy atom. The van der Waals surface area contributed by atoms with E-state index in [4.69, 9.17) is 4.74 Å². The van der Waals surface area contributed by atoms with Gasteiger partial charge >= 0.3 is 0 Å². The zero-order chi connectivity index (χ0) is 16.3. The van der Waals surface area contributed by atoms with E-state index in [1.54, 1.807) is 17.5 Å². The maximum absolute atomic E-state index is 12.2. The second-order valence-corrected chi connectivity index (χ2v) is 7.54. The van der Waals surface area contributed by atoms with Crippen molar-refractivity contribution in [3.8, 4) is 0 Å². The van der Waals surface area contributed by atoms with E-state index in [0.29, 0.717) is 23.8 Å². The van der Waals surface area contributed by atoms with Gasteiger partial charge in [-0.05, 0) is 37.1 Å². The number of nitrogens with one attached hydrogen (secondary N) is 2. The lowest BCUT2D eigenvalue weighted by molar-refractivity contribution is -0.124. The average molecular weight is 353 g/mol. The van der Waals surface area contributed by atoms with Crippen molar-refractivity contribution in [3.05, 3.63) is 35.8 Å². The van der Waals surface area contributed by atoms with E-state index in [2.05, 4.69) is 15.0 Å². The second kappa shape index (κ2) is 6.65. The summed E-state index contributed by atoms with van der Waals surface area (Å²) in [5, 5.41) is 4.71. The first-order valence-electron chi connectivity index (χ1n) is 6.99. The lowest BCUT2D eigenvalue weighted by Crippen LogP contribution is -2.26. The molecule has 9 heteroatoms. The van der Waals surface area contributed by atoms with Crippen molar-refractivity contribution in [2.75, 3.05) is 16.6 Å². The van der Waals surface area contributed by atoms with E-state index in [1.807, 2.05) is 0 Å². The zero-order valence-electron chi connectivity index (χ0n) is 12.1. The van der Waals surface area contributed by atoms with Gasteiger partial charge in [-0.25, -0.2) is 13.4 Å². The molecular formula is C14H15N3O4S2. The van der Waals surface area contributed by atoms with E-state index >= 15 is 0 Å². The van der Waals surface area contributed by atoms with E-state index in [1.165, 1.54) is 29.7 Å². The van der Waals surface area contributed by atoms with Gasteiger partial charge in [-0.1, -0.05) is 0 Å². The van der Waals surface area contributed by atoms with Gasteiger partial charge in [0.1, 0.15) is 6.10 Å². The Kier molecular flexibility index (Phi) is 4.60. The predicted molar refractivity (Wildman–Crippen MR) is 87.0 cm³/mol. The molecule has 0 aliphatic carbocycles. The summed E-state index contributed by atoms with van der Waals surface area (Å²) < 4.78 is 32.1. The summed E-state index contributed by atoms with van der Waals surface area (Å²) in [5.74, 6) is -0.209. The van der Waals surface area contributed by atoms with Crippen LogP contribution in [-0.2, 0) is 19.6 Å². The molecule has 1 fully saturated rings. The number of thiazole rings is 1. The van der Waals surface area contributed by atoms with Crippen molar-refractivity contribution in [3.63, 3.8) is 0 Å². The fourth-order valence-electron chi connectivity index (χ4n) is 2.17. The molecule has 1 unspecified atom stereocenters. The second-order valence-electron chi connectivity index (χ2n) is 4.96. The summed E-state index contributed by atoms with van der Waals surface area (Å²) in [6.45, 7) is 0.595. The van der Waals surface area contributed by atoms with Crippen LogP contribution in [0.15, 0.2) is 40.7 Å². The first-order chi connectivity index (χ1) is 11.0. The Bertz CT molecular complexity index is 767. The van der Waals surface area contributed by atoms with Crippen molar-refractivity contribution >= 4 is 38.1 Å². The summed E-state index contributed by atoms with van der Waals surface area (Å²) >= 11 is 1.20. The highest BCUT2D eigenvalue weighted by atomic mass is 32.2. The Morgan fingerprint density at radius 2 is 2.09 bits per heavy atom. The number of aromatic nitrogens is 1. The zero-order valence-corrected chi connectivity index (χ0v) is 13.7. The maximum Gasteiger partial charge on any atom is 0.263 e. The van der Waals surface area contributed by atoms with Crippen molar-refractivity contribution < 1.29 is 17.9 Å². The fraction of sp³-hybridized carbons (Fsp3) is 0.286. The summed E-state index contributed by atoms with van der Waals surface area (Å²) in [7, 11) is -3.68. The van der Waals surface area contributed by atoms with Gasteiger partial charge in [0.15, 0.2) is 5.13 Å². The number of benzene rings is 1. The van der Waals surface area contributed by atoms with Crippen LogP contribution < -0.4 is 10.0 Å². The summed E-state index contributed by atoms with van der Waals surface area (Å²) in [6, 6.07) is 5.95. The topological polar surface area (TPSA) is 97.4 Å². The minimum Gasteiger partial charge on any atom is -0.368 e. The van der Waals surface area contributed by atoms with Gasteiger partial charge in [0.2, 0.25) is 0 Å². The van der Waals surface area contributed by atoms with Gasteiger partial charge in [0, 0.05) is 23.9 Å². The van der Waals surface area contributed by atoms with Gasteiger partial charge in [-0.15, -0.1) is 11.3 Å². The third-order valence-electron chi connectivity index (χ3n) is 3.31. The third kappa shape index (κ3) is 3.87. The number of carbonyl (C=O) groups is 1. The van der Waals surface area contributed by atoms with Crippen molar-refractivity contribution in [1.82, 2.24) is 4.98 Å². The molecule has 2 aromatic rings. The fourth-order valence-corrected chi connectivity index (χ4v) is 3.96. The SMILES string of the molecule is O=C(Nc1ccc(S(=O)(=O)Nc2nccs2)cc1)C1CCCO1. The van der Waals surface area contributed by atoms with Crippen LogP contribution in [0.2, 0.25) is 0 Å². The smallest absolute Gasteiger partial charge is 0.263 e. The minimum atomic E-state index is -3.68. The van der Waals surface area contributed by atoms with Gasteiger partial charge in [0.05, 0.1) is 4.90 Å². The highest BCUT2D eigenvalue weighted by Gasteiger charge is 2.23. The molecule has 1 atom stereocenters. The van der Waals surface area contributed by atoms with Crippen LogP contribution in [0.5, 0.6) is 0 Å². The standard InChI is InChI=1S/C14H15N3O4S2/c18-13(12-2-1-8-21-12)16-10-3-5-11(6-4-10)23(19,20)17-14-15-7-9-22-14/h3-7,9,12H,1-2,8H2,(H,15,17)(H,16,18). The van der Waals surface area contributed by atoms with Crippen LogP contribution in [-0.4, -0.2) is 32.0 Å². The minimum absolute atomic E-state index is 0.0998. The lowest BCUT2D eigenvalue weighted by Gasteiger charge is -2.11. The van der Waals surface area contributed by atoms with Crippen molar-refractivity contribution in [2.24, 2.45) is 0 Å². The summed E-state index contributed by atoms with van der Waals surface area (Å²) in [4.78, 5) is 15.9. The molecule has 1 amide bonds. The largest absolute Gasteiger partial charge is 0.368 e. The molecule has 23 heavy (non-hydrogen) atoms. The number of carbonyl (C=O) groups excluding carboxylic acids is 1. The molecule has 0 radical (unpaired) electrons. The average Bonchev–Trinajstić information content (AvgIpc) is 3.20. The van der Waals surface area contributed by atoms with Crippen LogP contribution in [0, 0.1) is 0 Å². The van der Waals surface area contributed by atoms with E-state index < -0.39 is 16.1 Å². The van der Waals surface area contributed by atoms with Crippen molar-refractivity contribution in [1.29, 1.82) is 0 Å². The summed E-state index contributed by atoms with van der Waals surface area (Å²) in [5.41, 5.74) is 0.527. The van der Waals surface area contributed by atoms with Crippen LogP contribution in [0.3, 0.4) is 0 Å². The molecule has 1 aromatic heterocycles. The molecule has 0 bridgehead atoms. The molecular weight excluding hydrogens is 338 g/mol. The Hall–Kier alpha value is -1.97. The van der Waals surface area contributed by atoms with Crippen LogP contribution in [0.25, 0.3) is 0 Å². The molecule has 0 spiro atoms. The van der Waals surface area contributed by atoms with Gasteiger partial charge < -0.3 is 10.1 Å². The number of amides is 1. The first kappa shape index (κ1) is 15.9. The van der Waals surface area contributed by atoms with E-state index in [9.17, 15) is 13.2 Å². The normalized spacial score (nSPS) is 17.8. The molecule has 1 aliphatic heterocycles. The quantitative estimate of drug-likeness (QED) is 0.857. The highest BCUT2D eigenvalue weighted by Crippen LogP contribution is 2.20. The Labute approximate surface area is 137 Å². The molecule has 1 saturated heterocycles. The monoisotopic (exact) mass is 353 g/mol. The summed E-state index contributed by atoms with van der Waals surface area (Å²) in [6.07, 6.45) is 2.67. The number of sulfonamides is 1. The molecule has 1 aliphatic rings. The van der Waals surface area contributed by atoms with E-state index in [-0.39, 0.29) is 10.8 Å². The van der Waals surface area contributed by atoms with Gasteiger partial charge in [0.25, 0.3) is 15.9 Å². The number of anilines is 2. The van der Waals surface area contributed by atoms with Gasteiger partial charge in [-0.3, -0.25) is 9.52 Å². The number of nitrogens with zero attached hydrogens (tertiary/aromatic N) is 1. The molecule has 2 heterocycles. The molecule has 122 valence electrons. The molecule has 3 rings (SSSR count). The molecule has 2 N–H and O–H groups in total. The molecule has 0 saturated carbocycles. The van der Waals surface area contributed by atoms with E-state index in [0.717, 1.165) is 6.42 Å². The van der Waals surface area contributed by atoms with Crippen molar-refractivity contribution in [2.45, 2.75) is 23.8 Å². The molecule has 7 nitrogen and oxygen atoms in total. The Balaban J connectivity index is 1.67. The number of hydrogen-bond donors (Lipinski definition) is 2. The number of ether oxygens (including phenoxy) is 1. The van der Waals surface area contributed by atoms with Gasteiger partial charge in [-0.2, -0.15) is 0 Å². The predicted octanol–water partition coefficient (Wildman–Crippen LogP) is 2.06. The Morgan fingerprint density at radius 3 is 2.70 bits per heavy atom. The van der Waals surface area contributed by atoms with Crippen LogP contribution >= 0.6 is 11.3 Å². The van der Waals surface area contributed by atoms with Crippen LogP contribution in [0.1, 0.15) is 12.8 Å². The lowest BCUT2D eigenvalue weighted by atomic mass is 10.2. The first-order valence-corrected chi connectivity index (χ1v) is 9.36. The molecule has 1 aromatic carbocycles. The third-order valence-corrected chi connectivity index (χ3v) is 5.48.